The number of nitrogens with zero attached hydrogens (tertiary/aromatic N) is 5. The van der Waals surface area contributed by atoms with Crippen molar-refractivity contribution in [2.45, 2.75) is 32.7 Å². The number of hydrogen-bond donors (Lipinski definition) is 1. The molecule has 4 aromatic rings. The minimum absolute atomic E-state index is 0.376. The zero-order chi connectivity index (χ0) is 28.1. The number of benzene rings is 2. The molecule has 196 valence electrons. The third-order valence-electron chi connectivity index (χ3n) is 5.38. The number of alkyl halides is 6. The topological polar surface area (TPSA) is 81.9 Å². The van der Waals surface area contributed by atoms with E-state index in [1.165, 1.54) is 12.4 Å². The Labute approximate surface area is 214 Å². The van der Waals surface area contributed by atoms with Crippen LogP contribution < -0.4 is 5.73 Å². The van der Waals surface area contributed by atoms with E-state index in [1.807, 2.05) is 19.1 Å². The Morgan fingerprint density at radius 3 is 1.50 bits per heavy atom. The van der Waals surface area contributed by atoms with E-state index in [4.69, 9.17) is 12.3 Å². The van der Waals surface area contributed by atoms with E-state index < -0.39 is 24.0 Å². The maximum atomic E-state index is 12.4. The van der Waals surface area contributed by atoms with Gasteiger partial charge in [-0.2, -0.15) is 26.3 Å². The average Bonchev–Trinajstić information content (AvgIpc) is 2.89. The summed E-state index contributed by atoms with van der Waals surface area (Å²) >= 11 is 0. The third-order valence-corrected chi connectivity index (χ3v) is 5.38. The minimum atomic E-state index is -4.55. The Bertz CT molecular complexity index is 1440. The molecule has 0 aliphatic heterocycles. The molecule has 2 heterocycles. The minimum Gasteiger partial charge on any atom is -0.326 e. The number of rotatable bonds is 3. The SMILES string of the molecule is Cc1ccc(-c2cnc(C(F)(F)F)nc2)cc1CN.[C-]#[N+]c1cc(-c2cnc(C(F)(F)F)nc2)ccc1C. The Hall–Kier alpha value is -4.37. The largest absolute Gasteiger partial charge is 0.451 e. The van der Waals surface area contributed by atoms with Gasteiger partial charge in [0.05, 0.1) is 6.57 Å². The molecule has 0 saturated heterocycles. The van der Waals surface area contributed by atoms with Crippen molar-refractivity contribution in [2.24, 2.45) is 5.73 Å². The standard InChI is InChI=1S/C13H8F3N3.C13H12F3N3/c1-8-3-4-9(5-11(8)17-2)10-6-18-12(19-7-10)13(14,15)16;1-8-2-3-9(4-10(8)5-17)11-6-18-12(19-7-11)13(14,15)16/h3-7H,1H3;2-4,6-7H,5,17H2,1H3. The second-order valence-electron chi connectivity index (χ2n) is 8.04. The third kappa shape index (κ3) is 6.89. The summed E-state index contributed by atoms with van der Waals surface area (Å²) in [6, 6.07) is 10.6. The molecule has 4 rings (SSSR count). The van der Waals surface area contributed by atoms with Gasteiger partial charge in [-0.05, 0) is 53.8 Å². The zero-order valence-electron chi connectivity index (χ0n) is 20.1. The second kappa shape index (κ2) is 11.4. The Morgan fingerprint density at radius 1 is 0.684 bits per heavy atom. The van der Waals surface area contributed by atoms with Gasteiger partial charge in [-0.1, -0.05) is 24.3 Å². The molecule has 0 atom stereocenters. The van der Waals surface area contributed by atoms with Crippen LogP contribution in [0, 0.1) is 20.4 Å². The van der Waals surface area contributed by atoms with Gasteiger partial charge in [0.2, 0.25) is 11.6 Å². The van der Waals surface area contributed by atoms with Crippen LogP contribution >= 0.6 is 0 Å². The predicted molar refractivity (Wildman–Crippen MR) is 129 cm³/mol. The van der Waals surface area contributed by atoms with Gasteiger partial charge in [0.25, 0.3) is 0 Å². The predicted octanol–water partition coefficient (Wildman–Crippen LogP) is 6.95. The van der Waals surface area contributed by atoms with E-state index in [-0.39, 0.29) is 0 Å². The van der Waals surface area contributed by atoms with Crippen LogP contribution in [0.4, 0.5) is 32.0 Å². The molecule has 38 heavy (non-hydrogen) atoms. The maximum absolute atomic E-state index is 12.4. The first-order chi connectivity index (χ1) is 17.8. The molecule has 2 aromatic carbocycles. The fraction of sp³-hybridized carbons (Fsp3) is 0.192. The molecule has 6 nitrogen and oxygen atoms in total. The van der Waals surface area contributed by atoms with Gasteiger partial charge in [-0.15, -0.1) is 0 Å². The molecule has 0 aliphatic carbocycles. The van der Waals surface area contributed by atoms with E-state index in [2.05, 4.69) is 24.8 Å². The van der Waals surface area contributed by atoms with E-state index in [0.29, 0.717) is 28.9 Å². The summed E-state index contributed by atoms with van der Waals surface area (Å²) in [6.07, 6.45) is -4.52. The summed E-state index contributed by atoms with van der Waals surface area (Å²) in [5.41, 5.74) is 11.2. The number of nitrogens with two attached hydrogens (primary N) is 1. The number of hydrogen-bond acceptors (Lipinski definition) is 5. The van der Waals surface area contributed by atoms with Crippen molar-refractivity contribution in [1.29, 1.82) is 0 Å². The van der Waals surface area contributed by atoms with Crippen molar-refractivity contribution in [3.05, 3.63) is 101 Å². The zero-order valence-corrected chi connectivity index (χ0v) is 20.1. The molecule has 0 fully saturated rings. The van der Waals surface area contributed by atoms with E-state index in [0.717, 1.165) is 34.6 Å². The molecule has 2 N–H and O–H groups in total. The fourth-order valence-electron chi connectivity index (χ4n) is 3.23. The molecular weight excluding hydrogens is 510 g/mol. The van der Waals surface area contributed by atoms with E-state index >= 15 is 0 Å². The molecule has 0 saturated carbocycles. The highest BCUT2D eigenvalue weighted by atomic mass is 19.4. The Morgan fingerprint density at radius 2 is 1.11 bits per heavy atom. The lowest BCUT2D eigenvalue weighted by atomic mass is 10.0. The average molecular weight is 530 g/mol. The van der Waals surface area contributed by atoms with Crippen molar-refractivity contribution in [3.63, 3.8) is 0 Å². The van der Waals surface area contributed by atoms with Gasteiger partial charge in [0.15, 0.2) is 5.69 Å². The van der Waals surface area contributed by atoms with Crippen LogP contribution in [0.1, 0.15) is 28.3 Å². The fourth-order valence-corrected chi connectivity index (χ4v) is 3.23. The summed E-state index contributed by atoms with van der Waals surface area (Å²) in [6.45, 7) is 11.1. The second-order valence-corrected chi connectivity index (χ2v) is 8.04. The summed E-state index contributed by atoms with van der Waals surface area (Å²) < 4.78 is 74.0. The Balaban J connectivity index is 0.000000211. The summed E-state index contributed by atoms with van der Waals surface area (Å²) in [5, 5.41) is 0. The summed E-state index contributed by atoms with van der Waals surface area (Å²) in [5.74, 6) is -2.31. The van der Waals surface area contributed by atoms with Crippen LogP contribution in [-0.2, 0) is 18.9 Å². The van der Waals surface area contributed by atoms with E-state index in [1.54, 1.807) is 31.2 Å². The molecule has 0 spiro atoms. The van der Waals surface area contributed by atoms with Crippen molar-refractivity contribution >= 4 is 5.69 Å². The highest BCUT2D eigenvalue weighted by Crippen LogP contribution is 2.30. The van der Waals surface area contributed by atoms with Gasteiger partial charge < -0.3 is 5.73 Å². The normalized spacial score (nSPS) is 11.4. The van der Waals surface area contributed by atoms with Crippen molar-refractivity contribution < 1.29 is 26.3 Å². The van der Waals surface area contributed by atoms with Crippen LogP contribution in [0.2, 0.25) is 0 Å². The highest BCUT2D eigenvalue weighted by Gasteiger charge is 2.35. The number of halogens is 6. The molecule has 12 heteroatoms. The molecule has 0 unspecified atom stereocenters. The van der Waals surface area contributed by atoms with Crippen molar-refractivity contribution in [1.82, 2.24) is 19.9 Å². The quantitative estimate of drug-likeness (QED) is 0.229. The lowest BCUT2D eigenvalue weighted by Crippen LogP contribution is -2.10. The molecule has 0 aliphatic rings. The lowest BCUT2D eigenvalue weighted by Gasteiger charge is -2.08. The van der Waals surface area contributed by atoms with Crippen LogP contribution in [0.25, 0.3) is 27.1 Å². The van der Waals surface area contributed by atoms with Gasteiger partial charge in [0, 0.05) is 42.5 Å². The summed E-state index contributed by atoms with van der Waals surface area (Å²) in [7, 11) is 0. The Kier molecular flexibility index (Phi) is 8.42. The van der Waals surface area contributed by atoms with Gasteiger partial charge >= 0.3 is 12.4 Å². The van der Waals surface area contributed by atoms with Crippen LogP contribution in [-0.4, -0.2) is 19.9 Å². The van der Waals surface area contributed by atoms with Crippen molar-refractivity contribution in [2.75, 3.05) is 0 Å². The number of aromatic nitrogens is 4. The maximum Gasteiger partial charge on any atom is 0.451 e. The molecule has 0 amide bonds. The lowest BCUT2D eigenvalue weighted by molar-refractivity contribution is -0.145. The van der Waals surface area contributed by atoms with Gasteiger partial charge in [-0.3, -0.25) is 0 Å². The first kappa shape index (κ1) is 28.2. The molecule has 0 radical (unpaired) electrons. The monoisotopic (exact) mass is 530 g/mol. The first-order valence-corrected chi connectivity index (χ1v) is 10.9. The van der Waals surface area contributed by atoms with E-state index in [9.17, 15) is 26.3 Å². The summed E-state index contributed by atoms with van der Waals surface area (Å²) in [4.78, 5) is 16.6. The highest BCUT2D eigenvalue weighted by molar-refractivity contribution is 5.69. The smallest absolute Gasteiger partial charge is 0.326 e. The molecule has 2 aromatic heterocycles. The van der Waals surface area contributed by atoms with Gasteiger partial charge in [-0.25, -0.2) is 24.8 Å². The van der Waals surface area contributed by atoms with Crippen molar-refractivity contribution in [3.8, 4) is 22.3 Å². The number of aryl methyl sites for hydroxylation is 2. The van der Waals surface area contributed by atoms with Crippen LogP contribution in [0.5, 0.6) is 0 Å². The van der Waals surface area contributed by atoms with Crippen LogP contribution in [0.15, 0.2) is 61.2 Å². The first-order valence-electron chi connectivity index (χ1n) is 10.9. The van der Waals surface area contributed by atoms with Gasteiger partial charge in [0.1, 0.15) is 0 Å². The molecular formula is C26H20F6N6. The molecule has 0 bridgehead atoms. The van der Waals surface area contributed by atoms with Crippen LogP contribution in [0.3, 0.4) is 0 Å².